The number of benzene rings is 2. The van der Waals surface area contributed by atoms with E-state index in [2.05, 4.69) is 0 Å². The van der Waals surface area contributed by atoms with Crippen molar-refractivity contribution in [3.8, 4) is 5.75 Å². The second-order valence-electron chi connectivity index (χ2n) is 7.94. The highest BCUT2D eigenvalue weighted by molar-refractivity contribution is 6.00. The van der Waals surface area contributed by atoms with Gasteiger partial charge in [0.25, 0.3) is 0 Å². The zero-order valence-corrected chi connectivity index (χ0v) is 16.6. The molecule has 5 heteroatoms. The van der Waals surface area contributed by atoms with Gasteiger partial charge in [-0.05, 0) is 62.1 Å². The Morgan fingerprint density at radius 1 is 1.14 bits per heavy atom. The van der Waals surface area contributed by atoms with Crippen LogP contribution >= 0.6 is 0 Å². The summed E-state index contributed by atoms with van der Waals surface area (Å²) in [6, 6.07) is 15.7. The third kappa shape index (κ3) is 3.15. The highest BCUT2D eigenvalue weighted by Gasteiger charge is 2.54. The molecule has 1 saturated carbocycles. The lowest BCUT2D eigenvalue weighted by Gasteiger charge is -2.41. The first-order valence-corrected chi connectivity index (χ1v) is 9.77. The van der Waals surface area contributed by atoms with E-state index in [1.165, 1.54) is 0 Å². The van der Waals surface area contributed by atoms with Crippen molar-refractivity contribution in [3.05, 3.63) is 59.7 Å². The van der Waals surface area contributed by atoms with Gasteiger partial charge in [0.15, 0.2) is 0 Å². The van der Waals surface area contributed by atoms with Crippen molar-refractivity contribution in [2.45, 2.75) is 38.1 Å². The monoisotopic (exact) mass is 378 g/mol. The quantitative estimate of drug-likeness (QED) is 0.820. The predicted molar refractivity (Wildman–Crippen MR) is 109 cm³/mol. The standard InChI is InChI=1S/C23H26N2O3/c1-16-5-4-6-19(13-16)25-14-17(2)24(15-21(25)26)22(27)23(11-12-23)18-7-9-20(28-3)10-8-18/h4-10,13,17H,11-12,14-15H2,1-3H3/t17-/m1/s1. The zero-order chi connectivity index (χ0) is 19.9. The van der Waals surface area contributed by atoms with Crippen molar-refractivity contribution < 1.29 is 14.3 Å². The number of ether oxygens (including phenoxy) is 1. The maximum atomic E-state index is 13.4. The number of carbonyl (C=O) groups excluding carboxylic acids is 2. The number of rotatable bonds is 4. The van der Waals surface area contributed by atoms with E-state index in [0.717, 1.165) is 35.4 Å². The average Bonchev–Trinajstić information content (AvgIpc) is 3.51. The molecule has 2 aliphatic rings. The molecule has 0 aromatic heterocycles. The lowest BCUT2D eigenvalue weighted by atomic mass is 9.93. The number of methoxy groups -OCH3 is 1. The molecule has 146 valence electrons. The fourth-order valence-electron chi connectivity index (χ4n) is 4.10. The van der Waals surface area contributed by atoms with Crippen LogP contribution in [0.3, 0.4) is 0 Å². The summed E-state index contributed by atoms with van der Waals surface area (Å²) in [5.41, 5.74) is 2.55. The second kappa shape index (κ2) is 6.97. The Kier molecular flexibility index (Phi) is 4.61. The van der Waals surface area contributed by atoms with E-state index in [1.54, 1.807) is 16.9 Å². The van der Waals surface area contributed by atoms with Crippen molar-refractivity contribution in [2.75, 3.05) is 25.1 Å². The van der Waals surface area contributed by atoms with Gasteiger partial charge in [0, 0.05) is 18.3 Å². The number of carbonyl (C=O) groups is 2. The molecule has 0 N–H and O–H groups in total. The van der Waals surface area contributed by atoms with E-state index >= 15 is 0 Å². The summed E-state index contributed by atoms with van der Waals surface area (Å²) in [6.45, 7) is 4.69. The molecule has 1 heterocycles. The molecular formula is C23H26N2O3. The van der Waals surface area contributed by atoms with Gasteiger partial charge in [-0.2, -0.15) is 0 Å². The maximum Gasteiger partial charge on any atom is 0.246 e. The number of nitrogens with zero attached hydrogens (tertiary/aromatic N) is 2. The molecule has 2 fully saturated rings. The molecule has 1 saturated heterocycles. The third-order valence-corrected chi connectivity index (χ3v) is 5.96. The van der Waals surface area contributed by atoms with Crippen LogP contribution in [0.25, 0.3) is 0 Å². The van der Waals surface area contributed by atoms with Crippen LogP contribution in [0.15, 0.2) is 48.5 Å². The Balaban J connectivity index is 1.53. The summed E-state index contributed by atoms with van der Waals surface area (Å²) in [5, 5.41) is 0. The van der Waals surface area contributed by atoms with Crippen molar-refractivity contribution in [3.63, 3.8) is 0 Å². The van der Waals surface area contributed by atoms with Gasteiger partial charge in [-0.3, -0.25) is 9.59 Å². The molecule has 1 aliphatic carbocycles. The molecule has 0 unspecified atom stereocenters. The molecule has 28 heavy (non-hydrogen) atoms. The van der Waals surface area contributed by atoms with Crippen LogP contribution in [-0.2, 0) is 15.0 Å². The van der Waals surface area contributed by atoms with Gasteiger partial charge in [-0.1, -0.05) is 24.3 Å². The van der Waals surface area contributed by atoms with Crippen molar-refractivity contribution in [2.24, 2.45) is 0 Å². The number of aryl methyl sites for hydroxylation is 1. The second-order valence-corrected chi connectivity index (χ2v) is 7.94. The van der Waals surface area contributed by atoms with Crippen molar-refractivity contribution in [1.82, 2.24) is 4.90 Å². The first kappa shape index (κ1) is 18.5. The SMILES string of the molecule is COc1ccc(C2(C(=O)N3CC(=O)N(c4cccc(C)c4)C[C@H]3C)CC2)cc1. The highest BCUT2D eigenvalue weighted by atomic mass is 16.5. The molecule has 2 amide bonds. The molecule has 0 radical (unpaired) electrons. The lowest BCUT2D eigenvalue weighted by Crippen LogP contribution is -2.59. The van der Waals surface area contributed by atoms with Crippen LogP contribution in [0.4, 0.5) is 5.69 Å². The Bertz CT molecular complexity index is 902. The smallest absolute Gasteiger partial charge is 0.246 e. The largest absolute Gasteiger partial charge is 0.497 e. The molecule has 2 aromatic carbocycles. The van der Waals surface area contributed by atoms with Crippen molar-refractivity contribution in [1.29, 1.82) is 0 Å². The minimum Gasteiger partial charge on any atom is -0.497 e. The first-order valence-electron chi connectivity index (χ1n) is 9.77. The molecule has 2 aromatic rings. The number of hydrogen-bond acceptors (Lipinski definition) is 3. The first-order chi connectivity index (χ1) is 13.4. The van der Waals surface area contributed by atoms with Crippen molar-refractivity contribution >= 4 is 17.5 Å². The fraction of sp³-hybridized carbons (Fsp3) is 0.391. The van der Waals surface area contributed by atoms with E-state index in [0.29, 0.717) is 6.54 Å². The molecular weight excluding hydrogens is 352 g/mol. The van der Waals surface area contributed by atoms with Gasteiger partial charge >= 0.3 is 0 Å². The molecule has 1 atom stereocenters. The van der Waals surface area contributed by atoms with Crippen LogP contribution in [0.2, 0.25) is 0 Å². The number of amides is 2. The molecule has 5 nitrogen and oxygen atoms in total. The number of hydrogen-bond donors (Lipinski definition) is 0. The normalized spacial score (nSPS) is 20.8. The van der Waals surface area contributed by atoms with E-state index < -0.39 is 5.41 Å². The van der Waals surface area contributed by atoms with Gasteiger partial charge in [0.05, 0.1) is 12.5 Å². The minimum absolute atomic E-state index is 0.0254. The Morgan fingerprint density at radius 2 is 1.86 bits per heavy atom. The Morgan fingerprint density at radius 3 is 2.46 bits per heavy atom. The molecule has 4 rings (SSSR count). The molecule has 1 aliphatic heterocycles. The third-order valence-electron chi connectivity index (χ3n) is 5.96. The number of anilines is 1. The van der Waals surface area contributed by atoms with Crippen LogP contribution < -0.4 is 9.64 Å². The van der Waals surface area contributed by atoms with Crippen LogP contribution in [0.1, 0.15) is 30.9 Å². The lowest BCUT2D eigenvalue weighted by molar-refractivity contribution is -0.141. The molecule has 0 spiro atoms. The summed E-state index contributed by atoms with van der Waals surface area (Å²) in [4.78, 5) is 29.8. The van der Waals surface area contributed by atoms with E-state index in [9.17, 15) is 9.59 Å². The minimum atomic E-state index is -0.480. The summed E-state index contributed by atoms with van der Waals surface area (Å²) in [6.07, 6.45) is 1.66. The van der Waals surface area contributed by atoms with Crippen LogP contribution in [0.5, 0.6) is 5.75 Å². The highest BCUT2D eigenvalue weighted by Crippen LogP contribution is 2.50. The Labute approximate surface area is 165 Å². The summed E-state index contributed by atoms with van der Waals surface area (Å²) >= 11 is 0. The van der Waals surface area contributed by atoms with E-state index in [1.807, 2.05) is 62.4 Å². The van der Waals surface area contributed by atoms with Crippen LogP contribution in [0, 0.1) is 6.92 Å². The van der Waals surface area contributed by atoms with Gasteiger partial charge in [0.2, 0.25) is 11.8 Å². The maximum absolute atomic E-state index is 13.4. The summed E-state index contributed by atoms with van der Waals surface area (Å²) in [5.74, 6) is 0.826. The van der Waals surface area contributed by atoms with Gasteiger partial charge in [-0.15, -0.1) is 0 Å². The van der Waals surface area contributed by atoms with Gasteiger partial charge < -0.3 is 14.5 Å². The number of piperazine rings is 1. The van der Waals surface area contributed by atoms with E-state index in [4.69, 9.17) is 4.74 Å². The van der Waals surface area contributed by atoms with E-state index in [-0.39, 0.29) is 24.4 Å². The topological polar surface area (TPSA) is 49.9 Å². The zero-order valence-electron chi connectivity index (χ0n) is 16.6. The van der Waals surface area contributed by atoms with Crippen LogP contribution in [-0.4, -0.2) is 43.0 Å². The fourth-order valence-corrected chi connectivity index (χ4v) is 4.10. The Hall–Kier alpha value is -2.82. The predicted octanol–water partition coefficient (Wildman–Crippen LogP) is 3.30. The van der Waals surface area contributed by atoms with Gasteiger partial charge in [0.1, 0.15) is 12.3 Å². The summed E-state index contributed by atoms with van der Waals surface area (Å²) in [7, 11) is 1.63. The van der Waals surface area contributed by atoms with Gasteiger partial charge in [-0.25, -0.2) is 0 Å². The molecule has 0 bridgehead atoms. The average molecular weight is 378 g/mol. The summed E-state index contributed by atoms with van der Waals surface area (Å²) < 4.78 is 5.23.